The average Bonchev–Trinajstić information content (AvgIpc) is 2.28. The minimum absolute atomic E-state index is 0.0554. The Morgan fingerprint density at radius 1 is 1.58 bits per heavy atom. The first-order chi connectivity index (χ1) is 8.93. The van der Waals surface area contributed by atoms with Crippen LogP contribution in [-0.2, 0) is 4.79 Å². The second-order valence-corrected chi connectivity index (χ2v) is 4.17. The number of hydrogen-bond acceptors (Lipinski definition) is 5. The molecular formula is C11H11FN2O5. The summed E-state index contributed by atoms with van der Waals surface area (Å²) in [5.41, 5.74) is -0.348. The summed E-state index contributed by atoms with van der Waals surface area (Å²) in [4.78, 5) is 22.1. The normalized spacial score (nSPS) is 14.9. The summed E-state index contributed by atoms with van der Waals surface area (Å²) < 4.78 is 18.6. The number of methoxy groups -OCH3 is 1. The van der Waals surface area contributed by atoms with E-state index in [1.165, 1.54) is 18.1 Å². The van der Waals surface area contributed by atoms with E-state index in [0.29, 0.717) is 0 Å². The Morgan fingerprint density at radius 3 is 2.68 bits per heavy atom. The molecule has 0 atom stereocenters. The van der Waals surface area contributed by atoms with Gasteiger partial charge in [0.15, 0.2) is 11.6 Å². The Labute approximate surface area is 107 Å². The molecule has 7 nitrogen and oxygen atoms in total. The molecule has 1 aromatic rings. The highest BCUT2D eigenvalue weighted by atomic mass is 19.1. The van der Waals surface area contributed by atoms with Gasteiger partial charge in [0.25, 0.3) is 0 Å². The van der Waals surface area contributed by atoms with Gasteiger partial charge in [-0.05, 0) is 0 Å². The Morgan fingerprint density at radius 2 is 2.21 bits per heavy atom. The number of benzene rings is 1. The monoisotopic (exact) mass is 270 g/mol. The van der Waals surface area contributed by atoms with E-state index in [4.69, 9.17) is 9.84 Å². The van der Waals surface area contributed by atoms with Crippen LogP contribution < -0.4 is 9.64 Å². The molecule has 19 heavy (non-hydrogen) atoms. The minimum atomic E-state index is -0.939. The van der Waals surface area contributed by atoms with Crippen LogP contribution in [0.5, 0.6) is 5.75 Å². The maximum atomic E-state index is 13.8. The van der Waals surface area contributed by atoms with Gasteiger partial charge in [-0.3, -0.25) is 14.9 Å². The van der Waals surface area contributed by atoms with Crippen molar-refractivity contribution < 1.29 is 24.0 Å². The van der Waals surface area contributed by atoms with E-state index in [0.717, 1.165) is 6.07 Å². The Hall–Kier alpha value is -2.38. The zero-order valence-corrected chi connectivity index (χ0v) is 10.00. The molecule has 1 heterocycles. The lowest BCUT2D eigenvalue weighted by Crippen LogP contribution is -2.50. The molecule has 2 rings (SSSR count). The summed E-state index contributed by atoms with van der Waals surface area (Å²) >= 11 is 0. The van der Waals surface area contributed by atoms with Crippen molar-refractivity contribution in [1.82, 2.24) is 0 Å². The van der Waals surface area contributed by atoms with Crippen LogP contribution in [0, 0.1) is 21.8 Å². The summed E-state index contributed by atoms with van der Waals surface area (Å²) in [6.45, 7) is 0.348. The lowest BCUT2D eigenvalue weighted by Gasteiger charge is -2.38. The van der Waals surface area contributed by atoms with Crippen molar-refractivity contribution in [3.8, 4) is 5.75 Å². The molecule has 1 aromatic carbocycles. The number of rotatable bonds is 4. The fraction of sp³-hybridized carbons (Fsp3) is 0.364. The number of aliphatic carboxylic acids is 1. The van der Waals surface area contributed by atoms with Crippen LogP contribution in [0.3, 0.4) is 0 Å². The van der Waals surface area contributed by atoms with Crippen molar-refractivity contribution in [1.29, 1.82) is 0 Å². The summed E-state index contributed by atoms with van der Waals surface area (Å²) in [6, 6.07) is 1.99. The molecule has 8 heteroatoms. The summed E-state index contributed by atoms with van der Waals surface area (Å²) in [7, 11) is 1.25. The molecular weight excluding hydrogens is 259 g/mol. The molecule has 0 saturated carbocycles. The Kier molecular flexibility index (Phi) is 3.24. The first-order valence-corrected chi connectivity index (χ1v) is 5.43. The standard InChI is InChI=1S/C11H11FN2O5/c1-19-10-3-8(7(12)2-9(10)14(17)18)13-4-6(5-13)11(15)16/h2-3,6H,4-5H2,1H3,(H,15,16). The summed E-state index contributed by atoms with van der Waals surface area (Å²) in [5.74, 6) is -2.30. The number of halogens is 1. The molecule has 1 aliphatic rings. The van der Waals surface area contributed by atoms with Gasteiger partial charge < -0.3 is 14.7 Å². The highest BCUT2D eigenvalue weighted by Gasteiger charge is 2.35. The van der Waals surface area contributed by atoms with Crippen LogP contribution in [0.1, 0.15) is 0 Å². The van der Waals surface area contributed by atoms with E-state index in [9.17, 15) is 19.3 Å². The number of nitro groups is 1. The third-order valence-corrected chi connectivity index (χ3v) is 3.02. The zero-order chi connectivity index (χ0) is 14.2. The third kappa shape index (κ3) is 2.28. The SMILES string of the molecule is COc1cc(N2CC(C(=O)O)C2)c(F)cc1[N+](=O)[O-]. The molecule has 0 spiro atoms. The number of nitro benzene ring substituents is 1. The number of carboxylic acid groups (broad SMARTS) is 1. The molecule has 1 saturated heterocycles. The zero-order valence-electron chi connectivity index (χ0n) is 10.00. The number of carbonyl (C=O) groups is 1. The molecule has 0 aliphatic carbocycles. The minimum Gasteiger partial charge on any atom is -0.490 e. The van der Waals surface area contributed by atoms with Gasteiger partial charge in [-0.25, -0.2) is 4.39 Å². The van der Waals surface area contributed by atoms with Gasteiger partial charge in [-0.2, -0.15) is 0 Å². The van der Waals surface area contributed by atoms with E-state index < -0.39 is 28.3 Å². The van der Waals surface area contributed by atoms with Gasteiger partial charge in [0.2, 0.25) is 0 Å². The van der Waals surface area contributed by atoms with Crippen LogP contribution in [0.4, 0.5) is 15.8 Å². The van der Waals surface area contributed by atoms with Gasteiger partial charge in [0.1, 0.15) is 0 Å². The van der Waals surface area contributed by atoms with Crippen molar-refractivity contribution in [2.45, 2.75) is 0 Å². The predicted molar refractivity (Wildman–Crippen MR) is 62.9 cm³/mol. The highest BCUT2D eigenvalue weighted by Crippen LogP contribution is 2.36. The number of anilines is 1. The molecule has 0 radical (unpaired) electrons. The fourth-order valence-corrected chi connectivity index (χ4v) is 1.91. The average molecular weight is 270 g/mol. The fourth-order valence-electron chi connectivity index (χ4n) is 1.91. The van der Waals surface area contributed by atoms with Crippen molar-refractivity contribution in [2.24, 2.45) is 5.92 Å². The van der Waals surface area contributed by atoms with Gasteiger partial charge in [0.05, 0.1) is 29.7 Å². The van der Waals surface area contributed by atoms with Crippen LogP contribution in [-0.4, -0.2) is 36.2 Å². The second kappa shape index (κ2) is 4.71. The van der Waals surface area contributed by atoms with Crippen LogP contribution in [0.2, 0.25) is 0 Å². The molecule has 102 valence electrons. The van der Waals surface area contributed by atoms with Crippen molar-refractivity contribution in [2.75, 3.05) is 25.1 Å². The van der Waals surface area contributed by atoms with Gasteiger partial charge >= 0.3 is 11.7 Å². The summed E-state index contributed by atoms with van der Waals surface area (Å²) in [6.07, 6.45) is 0. The van der Waals surface area contributed by atoms with Gasteiger partial charge in [-0.1, -0.05) is 0 Å². The van der Waals surface area contributed by atoms with E-state index in [2.05, 4.69) is 0 Å². The van der Waals surface area contributed by atoms with Crippen LogP contribution in [0.15, 0.2) is 12.1 Å². The lowest BCUT2D eigenvalue weighted by atomic mass is 9.99. The molecule has 0 amide bonds. The van der Waals surface area contributed by atoms with Crippen LogP contribution in [0.25, 0.3) is 0 Å². The number of ether oxygens (including phenoxy) is 1. The molecule has 0 unspecified atom stereocenters. The van der Waals surface area contributed by atoms with Crippen molar-refractivity contribution >= 4 is 17.3 Å². The first kappa shape index (κ1) is 13.1. The topological polar surface area (TPSA) is 92.9 Å². The molecule has 0 aromatic heterocycles. The maximum Gasteiger partial charge on any atom is 0.313 e. The quantitative estimate of drug-likeness (QED) is 0.654. The Balaban J connectivity index is 2.28. The Bertz CT molecular complexity index is 542. The van der Waals surface area contributed by atoms with Gasteiger partial charge in [-0.15, -0.1) is 0 Å². The van der Waals surface area contributed by atoms with E-state index >= 15 is 0 Å². The molecule has 1 N–H and O–H groups in total. The van der Waals surface area contributed by atoms with E-state index in [-0.39, 0.29) is 24.5 Å². The third-order valence-electron chi connectivity index (χ3n) is 3.02. The smallest absolute Gasteiger partial charge is 0.313 e. The highest BCUT2D eigenvalue weighted by molar-refractivity contribution is 5.75. The molecule has 1 fully saturated rings. The van der Waals surface area contributed by atoms with E-state index in [1.807, 2.05) is 0 Å². The molecule has 1 aliphatic heterocycles. The molecule has 0 bridgehead atoms. The maximum absolute atomic E-state index is 13.8. The van der Waals surface area contributed by atoms with Crippen LogP contribution >= 0.6 is 0 Å². The largest absolute Gasteiger partial charge is 0.490 e. The number of nitrogens with zero attached hydrogens (tertiary/aromatic N) is 2. The second-order valence-electron chi connectivity index (χ2n) is 4.17. The number of hydrogen-bond donors (Lipinski definition) is 1. The lowest BCUT2D eigenvalue weighted by molar-refractivity contribution is -0.385. The van der Waals surface area contributed by atoms with Crippen molar-refractivity contribution in [3.63, 3.8) is 0 Å². The summed E-state index contributed by atoms with van der Waals surface area (Å²) in [5, 5.41) is 19.5. The predicted octanol–water partition coefficient (Wildman–Crippen LogP) is 1.26. The van der Waals surface area contributed by atoms with Crippen molar-refractivity contribution in [3.05, 3.63) is 28.1 Å². The number of carboxylic acids is 1. The van der Waals surface area contributed by atoms with Gasteiger partial charge in [0, 0.05) is 19.2 Å². The van der Waals surface area contributed by atoms with E-state index in [1.54, 1.807) is 0 Å². The first-order valence-electron chi connectivity index (χ1n) is 5.43.